The van der Waals surface area contributed by atoms with E-state index >= 15 is 0 Å². The lowest BCUT2D eigenvalue weighted by Crippen LogP contribution is -2.23. The molecule has 1 aromatic carbocycles. The average molecular weight is 255 g/mol. The largest absolute Gasteiger partial charge is 0.490 e. The van der Waals surface area contributed by atoms with E-state index in [2.05, 4.69) is 0 Å². The fraction of sp³-hybridized carbons (Fsp3) is 0.500. The monoisotopic (exact) mass is 255 g/mol. The number of nitrogens with two attached hydrogens (primary N) is 1. The molecule has 1 atom stereocenters. The van der Waals surface area contributed by atoms with Crippen molar-refractivity contribution in [2.24, 2.45) is 5.73 Å². The standard InChI is InChI=1S/C12H17NO5/c1-15-5-9(14)6-16-10-3-12-11(17-7-18-12)2-8(10)4-13/h2-3,9,14H,4-7,13H2,1H3. The lowest BCUT2D eigenvalue weighted by molar-refractivity contribution is 0.0323. The molecule has 6 heteroatoms. The Balaban J connectivity index is 2.07. The van der Waals surface area contributed by atoms with Crippen LogP contribution in [0.3, 0.4) is 0 Å². The highest BCUT2D eigenvalue weighted by molar-refractivity contribution is 5.51. The maximum atomic E-state index is 9.53. The quantitative estimate of drug-likeness (QED) is 0.758. The number of aliphatic hydroxyl groups excluding tert-OH is 1. The van der Waals surface area contributed by atoms with Gasteiger partial charge in [0.1, 0.15) is 18.5 Å². The first-order valence-electron chi connectivity index (χ1n) is 5.67. The number of aliphatic hydroxyl groups is 1. The number of fused-ring (bicyclic) bond motifs is 1. The van der Waals surface area contributed by atoms with Crippen LogP contribution in [0.4, 0.5) is 0 Å². The molecule has 18 heavy (non-hydrogen) atoms. The number of hydrogen-bond acceptors (Lipinski definition) is 6. The molecule has 0 spiro atoms. The fourth-order valence-electron chi connectivity index (χ4n) is 1.69. The van der Waals surface area contributed by atoms with E-state index in [4.69, 9.17) is 24.7 Å². The van der Waals surface area contributed by atoms with Crippen LogP contribution in [0.1, 0.15) is 5.56 Å². The van der Waals surface area contributed by atoms with Crippen LogP contribution in [-0.4, -0.2) is 38.3 Å². The minimum atomic E-state index is -0.675. The molecule has 0 fully saturated rings. The second-order valence-electron chi connectivity index (χ2n) is 3.94. The predicted molar refractivity (Wildman–Crippen MR) is 63.8 cm³/mol. The Morgan fingerprint density at radius 1 is 1.33 bits per heavy atom. The highest BCUT2D eigenvalue weighted by atomic mass is 16.7. The first-order valence-corrected chi connectivity index (χ1v) is 5.67. The third-order valence-electron chi connectivity index (χ3n) is 2.57. The van der Waals surface area contributed by atoms with Gasteiger partial charge in [0.25, 0.3) is 0 Å². The summed E-state index contributed by atoms with van der Waals surface area (Å²) in [7, 11) is 1.52. The molecule has 0 bridgehead atoms. The van der Waals surface area contributed by atoms with Crippen molar-refractivity contribution < 1.29 is 24.1 Å². The zero-order valence-corrected chi connectivity index (χ0v) is 10.2. The van der Waals surface area contributed by atoms with Gasteiger partial charge in [-0.3, -0.25) is 0 Å². The highest BCUT2D eigenvalue weighted by Gasteiger charge is 2.18. The van der Waals surface area contributed by atoms with Gasteiger partial charge in [-0.05, 0) is 6.07 Å². The van der Waals surface area contributed by atoms with Crippen LogP contribution in [-0.2, 0) is 11.3 Å². The van der Waals surface area contributed by atoms with Gasteiger partial charge in [0.2, 0.25) is 6.79 Å². The first kappa shape index (κ1) is 12.9. The minimum absolute atomic E-state index is 0.139. The lowest BCUT2D eigenvalue weighted by Gasteiger charge is -2.14. The Kier molecular flexibility index (Phi) is 4.24. The zero-order valence-electron chi connectivity index (χ0n) is 10.2. The first-order chi connectivity index (χ1) is 8.74. The smallest absolute Gasteiger partial charge is 0.231 e. The van der Waals surface area contributed by atoms with E-state index in [9.17, 15) is 5.11 Å². The molecule has 2 rings (SSSR count). The Labute approximate surface area is 105 Å². The highest BCUT2D eigenvalue weighted by Crippen LogP contribution is 2.38. The minimum Gasteiger partial charge on any atom is -0.490 e. The molecule has 1 heterocycles. The van der Waals surface area contributed by atoms with E-state index in [0.29, 0.717) is 23.8 Å². The molecule has 100 valence electrons. The summed E-state index contributed by atoms with van der Waals surface area (Å²) < 4.78 is 20.9. The van der Waals surface area contributed by atoms with Crippen molar-refractivity contribution in [3.63, 3.8) is 0 Å². The molecule has 0 aliphatic carbocycles. The van der Waals surface area contributed by atoms with Gasteiger partial charge in [-0.2, -0.15) is 0 Å². The number of ether oxygens (including phenoxy) is 4. The van der Waals surface area contributed by atoms with Crippen LogP contribution >= 0.6 is 0 Å². The summed E-state index contributed by atoms with van der Waals surface area (Å²) in [5.74, 6) is 1.89. The van der Waals surface area contributed by atoms with Crippen molar-refractivity contribution in [2.75, 3.05) is 27.1 Å². The molecule has 0 saturated heterocycles. The van der Waals surface area contributed by atoms with Gasteiger partial charge in [-0.1, -0.05) is 0 Å². The Morgan fingerprint density at radius 2 is 2.06 bits per heavy atom. The topological polar surface area (TPSA) is 83.2 Å². The van der Waals surface area contributed by atoms with Gasteiger partial charge < -0.3 is 29.8 Å². The molecular formula is C12H17NO5. The summed E-state index contributed by atoms with van der Waals surface area (Å²) in [5.41, 5.74) is 6.46. The van der Waals surface area contributed by atoms with Gasteiger partial charge in [0.15, 0.2) is 11.5 Å². The van der Waals surface area contributed by atoms with Crippen LogP contribution in [0.5, 0.6) is 17.2 Å². The summed E-state index contributed by atoms with van der Waals surface area (Å²) in [6.07, 6.45) is -0.675. The number of benzene rings is 1. The molecule has 1 aliphatic heterocycles. The van der Waals surface area contributed by atoms with Crippen LogP contribution < -0.4 is 19.9 Å². The maximum absolute atomic E-state index is 9.53. The van der Waals surface area contributed by atoms with Crippen molar-refractivity contribution in [2.45, 2.75) is 12.6 Å². The normalized spacial score (nSPS) is 14.6. The van der Waals surface area contributed by atoms with E-state index < -0.39 is 6.10 Å². The second kappa shape index (κ2) is 5.90. The molecular weight excluding hydrogens is 238 g/mol. The lowest BCUT2D eigenvalue weighted by atomic mass is 10.2. The summed E-state index contributed by atoms with van der Waals surface area (Å²) >= 11 is 0. The second-order valence-corrected chi connectivity index (χ2v) is 3.94. The summed E-state index contributed by atoms with van der Waals surface area (Å²) in [6.45, 7) is 0.893. The zero-order chi connectivity index (χ0) is 13.0. The summed E-state index contributed by atoms with van der Waals surface area (Å²) in [5, 5.41) is 9.53. The molecule has 3 N–H and O–H groups in total. The third-order valence-corrected chi connectivity index (χ3v) is 2.57. The van der Waals surface area contributed by atoms with Gasteiger partial charge in [-0.25, -0.2) is 0 Å². The molecule has 6 nitrogen and oxygen atoms in total. The number of rotatable bonds is 6. The maximum Gasteiger partial charge on any atom is 0.231 e. The van der Waals surface area contributed by atoms with Crippen LogP contribution in [0, 0.1) is 0 Å². The molecule has 0 amide bonds. The van der Waals surface area contributed by atoms with Gasteiger partial charge in [0, 0.05) is 25.3 Å². The van der Waals surface area contributed by atoms with Crippen molar-refractivity contribution in [1.82, 2.24) is 0 Å². The molecule has 1 unspecified atom stereocenters. The average Bonchev–Trinajstić information content (AvgIpc) is 2.82. The van der Waals surface area contributed by atoms with Crippen LogP contribution in [0.15, 0.2) is 12.1 Å². The van der Waals surface area contributed by atoms with E-state index in [1.54, 1.807) is 12.1 Å². The number of hydrogen-bond donors (Lipinski definition) is 2. The molecule has 0 aromatic heterocycles. The van der Waals surface area contributed by atoms with Gasteiger partial charge in [0.05, 0.1) is 6.61 Å². The molecule has 0 radical (unpaired) electrons. The molecule has 1 aromatic rings. The van der Waals surface area contributed by atoms with Crippen LogP contribution in [0.2, 0.25) is 0 Å². The van der Waals surface area contributed by atoms with Crippen molar-refractivity contribution in [1.29, 1.82) is 0 Å². The molecule has 0 saturated carbocycles. The van der Waals surface area contributed by atoms with Crippen molar-refractivity contribution in [3.05, 3.63) is 17.7 Å². The van der Waals surface area contributed by atoms with Crippen molar-refractivity contribution >= 4 is 0 Å². The number of methoxy groups -OCH3 is 1. The third kappa shape index (κ3) is 2.84. The van der Waals surface area contributed by atoms with E-state index in [1.165, 1.54) is 7.11 Å². The van der Waals surface area contributed by atoms with E-state index in [1.807, 2.05) is 0 Å². The van der Waals surface area contributed by atoms with Crippen molar-refractivity contribution in [3.8, 4) is 17.2 Å². The summed E-state index contributed by atoms with van der Waals surface area (Å²) in [4.78, 5) is 0. The van der Waals surface area contributed by atoms with Gasteiger partial charge >= 0.3 is 0 Å². The SMILES string of the molecule is COCC(O)COc1cc2c(cc1CN)OCO2. The van der Waals surface area contributed by atoms with E-state index in [-0.39, 0.29) is 20.0 Å². The van der Waals surface area contributed by atoms with Crippen LogP contribution in [0.25, 0.3) is 0 Å². The summed E-state index contributed by atoms with van der Waals surface area (Å²) in [6, 6.07) is 3.52. The fourth-order valence-corrected chi connectivity index (χ4v) is 1.69. The Hall–Kier alpha value is -1.50. The van der Waals surface area contributed by atoms with Gasteiger partial charge in [-0.15, -0.1) is 0 Å². The van der Waals surface area contributed by atoms with E-state index in [0.717, 1.165) is 5.56 Å². The Morgan fingerprint density at radius 3 is 2.72 bits per heavy atom. The molecule has 1 aliphatic rings. The predicted octanol–water partition coefficient (Wildman–Crippen LogP) is 0.260. The Bertz CT molecular complexity index is 410.